The van der Waals surface area contributed by atoms with Gasteiger partial charge in [0, 0.05) is 19.2 Å². The van der Waals surface area contributed by atoms with Gasteiger partial charge in [0.15, 0.2) is 0 Å². The number of aliphatic hydroxyl groups is 1. The lowest BCUT2D eigenvalue weighted by molar-refractivity contribution is 0.220. The van der Waals surface area contributed by atoms with E-state index in [-0.39, 0.29) is 17.6 Å². The summed E-state index contributed by atoms with van der Waals surface area (Å²) in [4.78, 5) is 10.9. The molecule has 0 saturated carbocycles. The molecule has 0 radical (unpaired) electrons. The first-order valence-electron chi connectivity index (χ1n) is 4.93. The maximum atomic E-state index is 10.9. The van der Waals surface area contributed by atoms with E-state index in [1.807, 2.05) is 0 Å². The van der Waals surface area contributed by atoms with Gasteiger partial charge < -0.3 is 10.4 Å². The molecule has 3 N–H and O–H groups in total. The van der Waals surface area contributed by atoms with Gasteiger partial charge in [-0.05, 0) is 11.8 Å². The van der Waals surface area contributed by atoms with Crippen LogP contribution in [0.4, 0.5) is 5.69 Å². The molecule has 1 rings (SSSR count). The van der Waals surface area contributed by atoms with Gasteiger partial charge in [-0.1, -0.05) is 13.8 Å². The minimum atomic E-state index is -0.222. The number of rotatable bonds is 5. The summed E-state index contributed by atoms with van der Waals surface area (Å²) in [7, 11) is 0. The van der Waals surface area contributed by atoms with Gasteiger partial charge in [0.1, 0.15) is 0 Å². The molecular formula is C10H17N3O2. The molecule has 0 saturated heterocycles. The number of H-pyrrole nitrogens is 1. The Morgan fingerprint density at radius 1 is 1.60 bits per heavy atom. The second-order valence-corrected chi connectivity index (χ2v) is 4.33. The normalized spacial score (nSPS) is 11.4. The summed E-state index contributed by atoms with van der Waals surface area (Å²) < 4.78 is 0. The summed E-state index contributed by atoms with van der Waals surface area (Å²) in [5.41, 5.74) is 0.474. The van der Waals surface area contributed by atoms with Gasteiger partial charge in [-0.25, -0.2) is 5.10 Å². The van der Waals surface area contributed by atoms with Crippen molar-refractivity contribution in [3.05, 3.63) is 22.6 Å². The molecule has 1 aromatic heterocycles. The highest BCUT2D eigenvalue weighted by Crippen LogP contribution is 2.19. The third-order valence-electron chi connectivity index (χ3n) is 2.22. The molecule has 0 amide bonds. The number of aromatic nitrogens is 2. The first kappa shape index (κ1) is 11.7. The molecule has 15 heavy (non-hydrogen) atoms. The molecule has 0 aromatic carbocycles. The Labute approximate surface area is 88.5 Å². The zero-order valence-electron chi connectivity index (χ0n) is 9.08. The summed E-state index contributed by atoms with van der Waals surface area (Å²) in [6.07, 6.45) is 2.28. The number of anilines is 1. The average Bonchev–Trinajstić information content (AvgIpc) is 2.15. The van der Waals surface area contributed by atoms with Crippen molar-refractivity contribution in [2.45, 2.75) is 20.3 Å². The van der Waals surface area contributed by atoms with E-state index in [1.165, 1.54) is 6.07 Å². The van der Waals surface area contributed by atoms with Crippen LogP contribution in [0.25, 0.3) is 0 Å². The SMILES string of the molecule is CC(C)(CCO)CNc1cn[nH]c(=O)c1. The summed E-state index contributed by atoms with van der Waals surface area (Å²) >= 11 is 0. The Bertz CT molecular complexity index is 360. The van der Waals surface area contributed by atoms with Crippen LogP contribution >= 0.6 is 0 Å². The van der Waals surface area contributed by atoms with Crippen LogP contribution in [0.5, 0.6) is 0 Å². The predicted molar refractivity (Wildman–Crippen MR) is 58.8 cm³/mol. The van der Waals surface area contributed by atoms with E-state index < -0.39 is 0 Å². The zero-order valence-corrected chi connectivity index (χ0v) is 9.08. The standard InChI is InChI=1S/C10H17N3O2/c1-10(2,3-4-14)7-11-8-5-9(15)13-12-6-8/h5-6,14H,3-4,7H2,1-2H3,(H2,11,13,15). The molecule has 0 atom stereocenters. The molecule has 0 bridgehead atoms. The van der Waals surface area contributed by atoms with E-state index in [2.05, 4.69) is 29.4 Å². The minimum absolute atomic E-state index is 0.00263. The van der Waals surface area contributed by atoms with Crippen LogP contribution in [-0.4, -0.2) is 28.5 Å². The highest BCUT2D eigenvalue weighted by molar-refractivity contribution is 5.38. The Morgan fingerprint density at radius 2 is 2.33 bits per heavy atom. The molecule has 0 unspecified atom stereocenters. The number of aromatic amines is 1. The first-order chi connectivity index (χ1) is 7.03. The van der Waals surface area contributed by atoms with Crippen molar-refractivity contribution in [3.8, 4) is 0 Å². The summed E-state index contributed by atoms with van der Waals surface area (Å²) in [5.74, 6) is 0. The average molecular weight is 211 g/mol. The van der Waals surface area contributed by atoms with Crippen LogP contribution < -0.4 is 10.9 Å². The Kier molecular flexibility index (Phi) is 3.85. The summed E-state index contributed by atoms with van der Waals surface area (Å²) in [6.45, 7) is 4.97. The van der Waals surface area contributed by atoms with Crippen LogP contribution in [0, 0.1) is 5.41 Å². The summed E-state index contributed by atoms with van der Waals surface area (Å²) in [5, 5.41) is 18.0. The smallest absolute Gasteiger partial charge is 0.266 e. The van der Waals surface area contributed by atoms with Crippen LogP contribution in [0.2, 0.25) is 0 Å². The fourth-order valence-electron chi connectivity index (χ4n) is 1.21. The van der Waals surface area contributed by atoms with Gasteiger partial charge in [0.25, 0.3) is 5.56 Å². The van der Waals surface area contributed by atoms with Crippen LogP contribution in [0.1, 0.15) is 20.3 Å². The molecule has 5 heteroatoms. The zero-order chi connectivity index (χ0) is 11.3. The first-order valence-corrected chi connectivity index (χ1v) is 4.93. The molecule has 0 aliphatic rings. The van der Waals surface area contributed by atoms with E-state index >= 15 is 0 Å². The van der Waals surface area contributed by atoms with Gasteiger partial charge in [0.2, 0.25) is 0 Å². The van der Waals surface area contributed by atoms with Gasteiger partial charge in [-0.2, -0.15) is 5.10 Å². The molecule has 0 aliphatic heterocycles. The summed E-state index contributed by atoms with van der Waals surface area (Å²) in [6, 6.07) is 1.46. The highest BCUT2D eigenvalue weighted by atomic mass is 16.3. The highest BCUT2D eigenvalue weighted by Gasteiger charge is 2.16. The fraction of sp³-hybridized carbons (Fsp3) is 0.600. The second-order valence-electron chi connectivity index (χ2n) is 4.33. The number of hydrogen-bond donors (Lipinski definition) is 3. The molecule has 1 aromatic rings. The number of nitrogens with one attached hydrogen (secondary N) is 2. The van der Waals surface area contributed by atoms with Crippen molar-refractivity contribution in [2.24, 2.45) is 5.41 Å². The van der Waals surface area contributed by atoms with Crippen molar-refractivity contribution in [2.75, 3.05) is 18.5 Å². The van der Waals surface area contributed by atoms with Gasteiger partial charge in [-0.3, -0.25) is 4.79 Å². The second kappa shape index (κ2) is 4.93. The van der Waals surface area contributed by atoms with Crippen molar-refractivity contribution < 1.29 is 5.11 Å². The van der Waals surface area contributed by atoms with Crippen molar-refractivity contribution in [1.29, 1.82) is 0 Å². The molecule has 84 valence electrons. The van der Waals surface area contributed by atoms with Crippen LogP contribution in [0.3, 0.4) is 0 Å². The molecule has 5 nitrogen and oxygen atoms in total. The van der Waals surface area contributed by atoms with Gasteiger partial charge >= 0.3 is 0 Å². The van der Waals surface area contributed by atoms with E-state index in [9.17, 15) is 4.79 Å². The van der Waals surface area contributed by atoms with E-state index in [4.69, 9.17) is 5.11 Å². The Balaban J connectivity index is 2.53. The molecule has 0 aliphatic carbocycles. The lowest BCUT2D eigenvalue weighted by Gasteiger charge is -2.24. The molecule has 0 spiro atoms. The third-order valence-corrected chi connectivity index (χ3v) is 2.22. The van der Waals surface area contributed by atoms with Crippen molar-refractivity contribution >= 4 is 5.69 Å². The van der Waals surface area contributed by atoms with E-state index in [0.29, 0.717) is 12.2 Å². The van der Waals surface area contributed by atoms with Crippen LogP contribution in [0.15, 0.2) is 17.1 Å². The quantitative estimate of drug-likeness (QED) is 0.666. The topological polar surface area (TPSA) is 78.0 Å². The largest absolute Gasteiger partial charge is 0.396 e. The molecular weight excluding hydrogens is 194 g/mol. The maximum absolute atomic E-state index is 10.9. The third kappa shape index (κ3) is 4.12. The predicted octanol–water partition coefficient (Wildman–Crippen LogP) is 0.590. The maximum Gasteiger partial charge on any atom is 0.266 e. The van der Waals surface area contributed by atoms with Crippen molar-refractivity contribution in [1.82, 2.24) is 10.2 Å². The van der Waals surface area contributed by atoms with Gasteiger partial charge in [0.05, 0.1) is 11.9 Å². The van der Waals surface area contributed by atoms with E-state index in [1.54, 1.807) is 6.20 Å². The fourth-order valence-corrected chi connectivity index (χ4v) is 1.21. The van der Waals surface area contributed by atoms with E-state index in [0.717, 1.165) is 6.42 Å². The lowest BCUT2D eigenvalue weighted by Crippen LogP contribution is -2.24. The van der Waals surface area contributed by atoms with Crippen molar-refractivity contribution in [3.63, 3.8) is 0 Å². The lowest BCUT2D eigenvalue weighted by atomic mass is 9.90. The monoisotopic (exact) mass is 211 g/mol. The number of nitrogens with zero attached hydrogens (tertiary/aromatic N) is 1. The number of aliphatic hydroxyl groups excluding tert-OH is 1. The van der Waals surface area contributed by atoms with Gasteiger partial charge in [-0.15, -0.1) is 0 Å². The Hall–Kier alpha value is -1.36. The Morgan fingerprint density at radius 3 is 2.93 bits per heavy atom. The number of hydrogen-bond acceptors (Lipinski definition) is 4. The van der Waals surface area contributed by atoms with Crippen LogP contribution in [-0.2, 0) is 0 Å². The minimum Gasteiger partial charge on any atom is -0.396 e. The molecule has 0 fully saturated rings. The molecule has 1 heterocycles.